The second-order valence-electron chi connectivity index (χ2n) is 7.51. The van der Waals surface area contributed by atoms with Gasteiger partial charge < -0.3 is 4.90 Å². The molecule has 0 heterocycles. The summed E-state index contributed by atoms with van der Waals surface area (Å²) in [7, 11) is 1.82. The molecule has 3 nitrogen and oxygen atoms in total. The van der Waals surface area contributed by atoms with Gasteiger partial charge in [-0.25, -0.2) is 0 Å². The highest BCUT2D eigenvalue weighted by atomic mass is 16.2. The monoisotopic (exact) mass is 334 g/mol. The van der Waals surface area contributed by atoms with E-state index in [2.05, 4.69) is 51.1 Å². The van der Waals surface area contributed by atoms with Gasteiger partial charge >= 0.3 is 0 Å². The lowest BCUT2D eigenvalue weighted by atomic mass is 9.86. The lowest BCUT2D eigenvalue weighted by molar-refractivity contribution is -0.130. The molecular formula is C22H26N2O. The highest BCUT2D eigenvalue weighted by molar-refractivity contribution is 5.76. The lowest BCUT2D eigenvalue weighted by Crippen LogP contribution is -2.26. The van der Waals surface area contributed by atoms with Crippen LogP contribution in [0.3, 0.4) is 0 Å². The van der Waals surface area contributed by atoms with E-state index in [0.717, 1.165) is 12.0 Å². The van der Waals surface area contributed by atoms with E-state index < -0.39 is 0 Å². The molecule has 2 rings (SSSR count). The Morgan fingerprint density at radius 2 is 1.56 bits per heavy atom. The van der Waals surface area contributed by atoms with E-state index in [0.29, 0.717) is 18.5 Å². The normalized spacial score (nSPS) is 11.0. The summed E-state index contributed by atoms with van der Waals surface area (Å²) >= 11 is 0. The van der Waals surface area contributed by atoms with Crippen molar-refractivity contribution in [3.05, 3.63) is 70.8 Å². The van der Waals surface area contributed by atoms with Crippen molar-refractivity contribution in [2.45, 2.75) is 45.6 Å². The zero-order chi connectivity index (χ0) is 18.4. The van der Waals surface area contributed by atoms with E-state index in [1.54, 1.807) is 17.0 Å². The molecule has 25 heavy (non-hydrogen) atoms. The van der Waals surface area contributed by atoms with Crippen molar-refractivity contribution in [3.63, 3.8) is 0 Å². The Hall–Kier alpha value is -2.60. The average Bonchev–Trinajstić information content (AvgIpc) is 2.60. The molecule has 2 aromatic rings. The van der Waals surface area contributed by atoms with Crippen LogP contribution in [0.4, 0.5) is 0 Å². The minimum Gasteiger partial charge on any atom is -0.341 e. The second-order valence-corrected chi connectivity index (χ2v) is 7.51. The van der Waals surface area contributed by atoms with Gasteiger partial charge in [0.15, 0.2) is 0 Å². The maximum Gasteiger partial charge on any atom is 0.222 e. The summed E-state index contributed by atoms with van der Waals surface area (Å²) in [5.74, 6) is 0.129. The first kappa shape index (κ1) is 18.7. The number of hydrogen-bond donors (Lipinski definition) is 0. The quantitative estimate of drug-likeness (QED) is 0.811. The molecule has 0 N–H and O–H groups in total. The van der Waals surface area contributed by atoms with Gasteiger partial charge in [0.1, 0.15) is 0 Å². The zero-order valence-electron chi connectivity index (χ0n) is 15.5. The average molecular weight is 334 g/mol. The number of hydrogen-bond acceptors (Lipinski definition) is 2. The van der Waals surface area contributed by atoms with Crippen molar-refractivity contribution in [2.24, 2.45) is 0 Å². The summed E-state index contributed by atoms with van der Waals surface area (Å²) in [6.45, 7) is 7.16. The summed E-state index contributed by atoms with van der Waals surface area (Å²) in [5.41, 5.74) is 4.31. The number of amides is 1. The Morgan fingerprint density at radius 3 is 2.08 bits per heavy atom. The molecule has 1 amide bonds. The maximum absolute atomic E-state index is 12.3. The fourth-order valence-corrected chi connectivity index (χ4v) is 2.66. The number of carbonyl (C=O) groups excluding carboxylic acids is 1. The van der Waals surface area contributed by atoms with E-state index in [-0.39, 0.29) is 11.3 Å². The van der Waals surface area contributed by atoms with Gasteiger partial charge in [0, 0.05) is 20.0 Å². The van der Waals surface area contributed by atoms with Crippen molar-refractivity contribution < 1.29 is 4.79 Å². The predicted molar refractivity (Wildman–Crippen MR) is 101 cm³/mol. The van der Waals surface area contributed by atoms with Crippen LogP contribution in [-0.2, 0) is 23.2 Å². The summed E-state index contributed by atoms with van der Waals surface area (Å²) in [6, 6.07) is 18.0. The highest BCUT2D eigenvalue weighted by Gasteiger charge is 2.13. The first-order chi connectivity index (χ1) is 11.8. The van der Waals surface area contributed by atoms with Gasteiger partial charge in [-0.1, -0.05) is 57.2 Å². The number of carbonyl (C=O) groups is 1. The summed E-state index contributed by atoms with van der Waals surface area (Å²) < 4.78 is 0. The third-order valence-corrected chi connectivity index (χ3v) is 4.38. The van der Waals surface area contributed by atoms with Gasteiger partial charge in [-0.2, -0.15) is 5.26 Å². The molecule has 0 aliphatic rings. The molecular weight excluding hydrogens is 308 g/mol. The Kier molecular flexibility index (Phi) is 5.98. The van der Waals surface area contributed by atoms with Crippen LogP contribution in [0.25, 0.3) is 0 Å². The van der Waals surface area contributed by atoms with Crippen LogP contribution < -0.4 is 0 Å². The van der Waals surface area contributed by atoms with Crippen LogP contribution in [0.15, 0.2) is 48.5 Å². The molecule has 0 saturated carbocycles. The second kappa shape index (κ2) is 7.98. The summed E-state index contributed by atoms with van der Waals surface area (Å²) in [4.78, 5) is 14.1. The minimum absolute atomic E-state index is 0.129. The largest absolute Gasteiger partial charge is 0.341 e. The van der Waals surface area contributed by atoms with Crippen LogP contribution in [0, 0.1) is 11.3 Å². The Morgan fingerprint density at radius 1 is 1.00 bits per heavy atom. The number of nitriles is 1. The van der Waals surface area contributed by atoms with Gasteiger partial charge in [0.25, 0.3) is 0 Å². The van der Waals surface area contributed by atoms with Crippen molar-refractivity contribution in [1.29, 1.82) is 5.26 Å². The number of rotatable bonds is 5. The van der Waals surface area contributed by atoms with Crippen LogP contribution in [-0.4, -0.2) is 17.9 Å². The molecule has 0 aromatic heterocycles. The van der Waals surface area contributed by atoms with E-state index in [4.69, 9.17) is 5.26 Å². The molecule has 0 atom stereocenters. The Bertz CT molecular complexity index is 747. The van der Waals surface area contributed by atoms with Crippen LogP contribution in [0.2, 0.25) is 0 Å². The number of nitrogens with zero attached hydrogens (tertiary/aromatic N) is 2. The first-order valence-corrected chi connectivity index (χ1v) is 8.62. The molecule has 0 spiro atoms. The predicted octanol–water partition coefficient (Wildman–Crippen LogP) is 4.45. The molecule has 0 aliphatic carbocycles. The molecule has 130 valence electrons. The van der Waals surface area contributed by atoms with Crippen molar-refractivity contribution >= 4 is 5.91 Å². The standard InChI is InChI=1S/C22H26N2O/c1-22(2,3)20-12-9-17(10-13-20)11-14-21(25)24(4)16-19-7-5-18(15-23)6-8-19/h5-10,12-13H,11,14,16H2,1-4H3. The van der Waals surface area contributed by atoms with E-state index in [1.165, 1.54) is 11.1 Å². The van der Waals surface area contributed by atoms with Gasteiger partial charge in [-0.3, -0.25) is 4.79 Å². The van der Waals surface area contributed by atoms with Gasteiger partial charge in [-0.15, -0.1) is 0 Å². The van der Waals surface area contributed by atoms with E-state index >= 15 is 0 Å². The Labute approximate surface area is 150 Å². The van der Waals surface area contributed by atoms with Crippen molar-refractivity contribution in [3.8, 4) is 6.07 Å². The van der Waals surface area contributed by atoms with Gasteiger partial charge in [0.2, 0.25) is 5.91 Å². The SMILES string of the molecule is CN(Cc1ccc(C#N)cc1)C(=O)CCc1ccc(C(C)(C)C)cc1. The molecule has 0 fully saturated rings. The molecule has 0 aliphatic heterocycles. The van der Waals surface area contributed by atoms with Crippen LogP contribution in [0.5, 0.6) is 0 Å². The topological polar surface area (TPSA) is 44.1 Å². The molecule has 0 bridgehead atoms. The third-order valence-electron chi connectivity index (χ3n) is 4.38. The summed E-state index contributed by atoms with van der Waals surface area (Å²) in [6.07, 6.45) is 1.25. The van der Waals surface area contributed by atoms with Crippen molar-refractivity contribution in [2.75, 3.05) is 7.05 Å². The van der Waals surface area contributed by atoms with Gasteiger partial charge in [-0.05, 0) is 40.7 Å². The molecule has 0 radical (unpaired) electrons. The molecule has 0 saturated heterocycles. The number of benzene rings is 2. The van der Waals surface area contributed by atoms with E-state index in [1.807, 2.05) is 19.2 Å². The zero-order valence-corrected chi connectivity index (χ0v) is 15.5. The third kappa shape index (κ3) is 5.46. The Balaban J connectivity index is 1.87. The molecule has 0 unspecified atom stereocenters. The molecule has 2 aromatic carbocycles. The molecule has 3 heteroatoms. The minimum atomic E-state index is 0.129. The van der Waals surface area contributed by atoms with Crippen LogP contribution >= 0.6 is 0 Å². The van der Waals surface area contributed by atoms with Crippen molar-refractivity contribution in [1.82, 2.24) is 4.90 Å². The highest BCUT2D eigenvalue weighted by Crippen LogP contribution is 2.22. The smallest absolute Gasteiger partial charge is 0.222 e. The first-order valence-electron chi connectivity index (χ1n) is 8.62. The van der Waals surface area contributed by atoms with Gasteiger partial charge in [0.05, 0.1) is 11.6 Å². The summed E-state index contributed by atoms with van der Waals surface area (Å²) in [5, 5.41) is 8.82. The van der Waals surface area contributed by atoms with E-state index in [9.17, 15) is 4.79 Å². The number of aryl methyl sites for hydroxylation is 1. The maximum atomic E-state index is 12.3. The van der Waals surface area contributed by atoms with Crippen LogP contribution in [0.1, 0.15) is 49.4 Å². The fourth-order valence-electron chi connectivity index (χ4n) is 2.66. The fraction of sp³-hybridized carbons (Fsp3) is 0.364. The lowest BCUT2D eigenvalue weighted by Gasteiger charge is -2.19.